The van der Waals surface area contributed by atoms with Crippen molar-refractivity contribution in [2.24, 2.45) is 0 Å². The third-order valence-corrected chi connectivity index (χ3v) is 1.57. The normalized spacial score (nSPS) is 10.5. The van der Waals surface area contributed by atoms with E-state index < -0.39 is 23.4 Å². The van der Waals surface area contributed by atoms with E-state index in [4.69, 9.17) is 5.11 Å². The summed E-state index contributed by atoms with van der Waals surface area (Å²) in [6, 6.07) is 2.44. The van der Waals surface area contributed by atoms with Crippen LogP contribution in [0.15, 0.2) is 30.4 Å². The third-order valence-electron chi connectivity index (χ3n) is 1.57. The van der Waals surface area contributed by atoms with Gasteiger partial charge < -0.3 is 5.11 Å². The van der Waals surface area contributed by atoms with E-state index in [0.29, 0.717) is 18.2 Å². The highest BCUT2D eigenvalue weighted by atomic mass is 19.1. The molecule has 1 aromatic carbocycles. The molecule has 5 heteroatoms. The first kappa shape index (κ1) is 11.0. The van der Waals surface area contributed by atoms with Crippen LogP contribution in [0.3, 0.4) is 0 Å². The number of allylic oxidation sites excluding steroid dienone is 1. The number of aliphatic carboxylic acids is 1. The maximum atomic E-state index is 13.0. The van der Waals surface area contributed by atoms with Crippen LogP contribution in [-0.4, -0.2) is 16.9 Å². The van der Waals surface area contributed by atoms with Gasteiger partial charge in [0.1, 0.15) is 11.6 Å². The van der Waals surface area contributed by atoms with Crippen molar-refractivity contribution in [3.63, 3.8) is 0 Å². The second kappa shape index (κ2) is 4.45. The van der Waals surface area contributed by atoms with Crippen LogP contribution in [0.4, 0.5) is 8.78 Å². The van der Waals surface area contributed by atoms with Gasteiger partial charge in [0, 0.05) is 12.1 Å². The Bertz CT molecular complexity index is 438. The van der Waals surface area contributed by atoms with Crippen LogP contribution in [0.1, 0.15) is 10.4 Å². The highest BCUT2D eigenvalue weighted by Gasteiger charge is 2.09. The van der Waals surface area contributed by atoms with Gasteiger partial charge in [-0.05, 0) is 18.2 Å². The average Bonchev–Trinajstić information content (AvgIpc) is 2.14. The Hall–Kier alpha value is -2.04. The SMILES string of the molecule is O=C(O)C=CC(=O)c1ccc(F)cc1F. The molecule has 1 N–H and O–H groups in total. The Labute approximate surface area is 83.6 Å². The van der Waals surface area contributed by atoms with E-state index in [2.05, 4.69) is 0 Å². The van der Waals surface area contributed by atoms with Gasteiger partial charge in [-0.1, -0.05) is 0 Å². The summed E-state index contributed by atoms with van der Waals surface area (Å²) in [6.07, 6.45) is 1.30. The third kappa shape index (κ3) is 2.98. The Kier molecular flexibility index (Phi) is 3.28. The van der Waals surface area contributed by atoms with Crippen LogP contribution in [0.5, 0.6) is 0 Å². The zero-order valence-electron chi connectivity index (χ0n) is 7.41. The van der Waals surface area contributed by atoms with E-state index in [1.165, 1.54) is 0 Å². The van der Waals surface area contributed by atoms with E-state index in [-0.39, 0.29) is 5.56 Å². The summed E-state index contributed by atoms with van der Waals surface area (Å²) in [5, 5.41) is 8.23. The molecule has 78 valence electrons. The van der Waals surface area contributed by atoms with Crippen LogP contribution >= 0.6 is 0 Å². The fourth-order valence-corrected chi connectivity index (χ4v) is 0.926. The molecule has 0 bridgehead atoms. The molecule has 15 heavy (non-hydrogen) atoms. The van der Waals surface area contributed by atoms with Crippen LogP contribution in [0.25, 0.3) is 0 Å². The molecule has 3 nitrogen and oxygen atoms in total. The Morgan fingerprint density at radius 3 is 2.40 bits per heavy atom. The van der Waals surface area contributed by atoms with Crippen LogP contribution in [0, 0.1) is 11.6 Å². The molecule has 0 spiro atoms. The van der Waals surface area contributed by atoms with Crippen molar-refractivity contribution in [1.82, 2.24) is 0 Å². The number of rotatable bonds is 3. The minimum Gasteiger partial charge on any atom is -0.478 e. The lowest BCUT2D eigenvalue weighted by molar-refractivity contribution is -0.131. The molecular weight excluding hydrogens is 206 g/mol. The van der Waals surface area contributed by atoms with Gasteiger partial charge in [0.25, 0.3) is 0 Å². The lowest BCUT2D eigenvalue weighted by Crippen LogP contribution is -2.00. The van der Waals surface area contributed by atoms with Gasteiger partial charge in [0.05, 0.1) is 5.56 Å². The Balaban J connectivity index is 2.97. The predicted octanol–water partition coefficient (Wildman–Crippen LogP) is 1.79. The Morgan fingerprint density at radius 2 is 1.87 bits per heavy atom. The fourth-order valence-electron chi connectivity index (χ4n) is 0.926. The zero-order chi connectivity index (χ0) is 11.4. The number of carboxylic acids is 1. The van der Waals surface area contributed by atoms with Gasteiger partial charge in [0.2, 0.25) is 0 Å². The van der Waals surface area contributed by atoms with E-state index in [1.54, 1.807) is 0 Å². The molecule has 0 unspecified atom stereocenters. The topological polar surface area (TPSA) is 54.4 Å². The van der Waals surface area contributed by atoms with Gasteiger partial charge in [-0.25, -0.2) is 13.6 Å². The molecule has 0 saturated carbocycles. The lowest BCUT2D eigenvalue weighted by Gasteiger charge is -1.97. The van der Waals surface area contributed by atoms with Crippen molar-refractivity contribution in [2.75, 3.05) is 0 Å². The first-order valence-electron chi connectivity index (χ1n) is 3.91. The number of carbonyl (C=O) groups excluding carboxylic acids is 1. The quantitative estimate of drug-likeness (QED) is 0.613. The predicted molar refractivity (Wildman–Crippen MR) is 47.5 cm³/mol. The molecule has 0 amide bonds. The standard InChI is InChI=1S/C10H6F2O3/c11-6-1-2-7(8(12)5-6)9(13)3-4-10(14)15/h1-5H,(H,14,15). The van der Waals surface area contributed by atoms with Gasteiger partial charge in [0.15, 0.2) is 5.78 Å². The minimum absolute atomic E-state index is 0.367. The largest absolute Gasteiger partial charge is 0.478 e. The monoisotopic (exact) mass is 212 g/mol. The lowest BCUT2D eigenvalue weighted by atomic mass is 10.1. The molecule has 1 aromatic rings. The summed E-state index contributed by atoms with van der Waals surface area (Å²) in [5.74, 6) is -3.96. The summed E-state index contributed by atoms with van der Waals surface area (Å²) in [4.78, 5) is 21.3. The summed E-state index contributed by atoms with van der Waals surface area (Å²) in [6.45, 7) is 0. The molecule has 0 atom stereocenters. The first-order chi connectivity index (χ1) is 7.00. The van der Waals surface area contributed by atoms with Gasteiger partial charge in [-0.3, -0.25) is 4.79 Å². The molecular formula is C10H6F2O3. The van der Waals surface area contributed by atoms with Crippen molar-refractivity contribution in [3.8, 4) is 0 Å². The minimum atomic E-state index is -1.31. The van der Waals surface area contributed by atoms with E-state index in [1.807, 2.05) is 0 Å². The van der Waals surface area contributed by atoms with Crippen LogP contribution in [-0.2, 0) is 4.79 Å². The van der Waals surface area contributed by atoms with E-state index in [9.17, 15) is 18.4 Å². The fraction of sp³-hybridized carbons (Fsp3) is 0. The van der Waals surface area contributed by atoms with Crippen LogP contribution in [0.2, 0.25) is 0 Å². The molecule has 0 saturated heterocycles. The van der Waals surface area contributed by atoms with Gasteiger partial charge in [-0.2, -0.15) is 0 Å². The molecule has 0 radical (unpaired) electrons. The van der Waals surface area contributed by atoms with Crippen molar-refractivity contribution >= 4 is 11.8 Å². The molecule has 0 aliphatic carbocycles. The van der Waals surface area contributed by atoms with Crippen molar-refractivity contribution < 1.29 is 23.5 Å². The molecule has 0 aliphatic heterocycles. The average molecular weight is 212 g/mol. The summed E-state index contributed by atoms with van der Waals surface area (Å²) in [5.41, 5.74) is -0.367. The van der Waals surface area contributed by atoms with E-state index in [0.717, 1.165) is 12.1 Å². The smallest absolute Gasteiger partial charge is 0.328 e. The molecule has 1 rings (SSSR count). The summed E-state index contributed by atoms with van der Waals surface area (Å²) in [7, 11) is 0. The number of carboxylic acid groups (broad SMARTS) is 1. The number of carbonyl (C=O) groups is 2. The van der Waals surface area contributed by atoms with Crippen molar-refractivity contribution in [3.05, 3.63) is 47.5 Å². The maximum Gasteiger partial charge on any atom is 0.328 e. The van der Waals surface area contributed by atoms with Crippen molar-refractivity contribution in [1.29, 1.82) is 0 Å². The number of hydrogen-bond acceptors (Lipinski definition) is 2. The zero-order valence-corrected chi connectivity index (χ0v) is 7.41. The van der Waals surface area contributed by atoms with Crippen molar-refractivity contribution in [2.45, 2.75) is 0 Å². The number of benzene rings is 1. The second-order valence-electron chi connectivity index (χ2n) is 2.66. The molecule has 0 aromatic heterocycles. The van der Waals surface area contributed by atoms with Gasteiger partial charge in [-0.15, -0.1) is 0 Å². The van der Waals surface area contributed by atoms with Crippen LogP contribution < -0.4 is 0 Å². The Morgan fingerprint density at radius 1 is 1.20 bits per heavy atom. The van der Waals surface area contributed by atoms with Gasteiger partial charge >= 0.3 is 5.97 Å². The summed E-state index contributed by atoms with van der Waals surface area (Å²) < 4.78 is 25.4. The second-order valence-corrected chi connectivity index (χ2v) is 2.66. The first-order valence-corrected chi connectivity index (χ1v) is 3.91. The summed E-state index contributed by atoms with van der Waals surface area (Å²) >= 11 is 0. The maximum absolute atomic E-state index is 13.0. The highest BCUT2D eigenvalue weighted by Crippen LogP contribution is 2.10. The highest BCUT2D eigenvalue weighted by molar-refractivity contribution is 6.06. The number of hydrogen-bond donors (Lipinski definition) is 1. The number of halogens is 2. The molecule has 0 aliphatic rings. The van der Waals surface area contributed by atoms with E-state index >= 15 is 0 Å². The molecule has 0 heterocycles. The number of ketones is 1. The molecule has 0 fully saturated rings.